The van der Waals surface area contributed by atoms with E-state index in [2.05, 4.69) is 40.3 Å². The van der Waals surface area contributed by atoms with Gasteiger partial charge in [0.05, 0.1) is 4.83 Å². The van der Waals surface area contributed by atoms with Crippen molar-refractivity contribution in [2.75, 3.05) is 6.54 Å². The number of rotatable bonds is 4. The van der Waals surface area contributed by atoms with Gasteiger partial charge in [-0.3, -0.25) is 4.79 Å². The molecule has 1 atom stereocenters. The van der Waals surface area contributed by atoms with Gasteiger partial charge in [-0.15, -0.1) is 0 Å². The van der Waals surface area contributed by atoms with Crippen LogP contribution in [-0.2, 0) is 11.2 Å². The van der Waals surface area contributed by atoms with E-state index >= 15 is 0 Å². The predicted molar refractivity (Wildman–Crippen MR) is 66.3 cm³/mol. The van der Waals surface area contributed by atoms with Gasteiger partial charge in [0.2, 0.25) is 5.91 Å². The van der Waals surface area contributed by atoms with Crippen molar-refractivity contribution in [2.24, 2.45) is 0 Å². The number of aryl methyl sites for hydroxylation is 1. The predicted octanol–water partition coefficient (Wildman–Crippen LogP) is 2.44. The molecule has 15 heavy (non-hydrogen) atoms. The van der Waals surface area contributed by atoms with Crippen molar-refractivity contribution in [3.63, 3.8) is 0 Å². The van der Waals surface area contributed by atoms with Crippen LogP contribution in [0.15, 0.2) is 24.3 Å². The normalized spacial score (nSPS) is 12.2. The molecule has 2 nitrogen and oxygen atoms in total. The first-order valence-electron chi connectivity index (χ1n) is 5.07. The van der Waals surface area contributed by atoms with Gasteiger partial charge in [0, 0.05) is 6.54 Å². The van der Waals surface area contributed by atoms with Gasteiger partial charge in [-0.1, -0.05) is 40.2 Å². The van der Waals surface area contributed by atoms with Gasteiger partial charge in [-0.05, 0) is 31.4 Å². The Hall–Kier alpha value is -0.830. The molecular formula is C12H16BrNO. The van der Waals surface area contributed by atoms with E-state index in [-0.39, 0.29) is 10.7 Å². The molecule has 82 valence electrons. The molecule has 0 aliphatic carbocycles. The number of hydrogen-bond donors (Lipinski definition) is 1. The minimum Gasteiger partial charge on any atom is -0.355 e. The van der Waals surface area contributed by atoms with E-state index in [4.69, 9.17) is 0 Å². The van der Waals surface area contributed by atoms with Crippen LogP contribution in [0, 0.1) is 6.92 Å². The summed E-state index contributed by atoms with van der Waals surface area (Å²) in [6, 6.07) is 8.23. The first kappa shape index (κ1) is 12.2. The number of carbonyl (C=O) groups excluding carboxylic acids is 1. The molecule has 1 unspecified atom stereocenters. The molecule has 1 amide bonds. The zero-order valence-corrected chi connectivity index (χ0v) is 10.7. The summed E-state index contributed by atoms with van der Waals surface area (Å²) >= 11 is 3.23. The van der Waals surface area contributed by atoms with Gasteiger partial charge in [-0.25, -0.2) is 0 Å². The molecular weight excluding hydrogens is 254 g/mol. The van der Waals surface area contributed by atoms with Crippen molar-refractivity contribution < 1.29 is 4.79 Å². The second kappa shape index (κ2) is 5.91. The first-order chi connectivity index (χ1) is 7.11. The molecule has 1 rings (SSSR count). The van der Waals surface area contributed by atoms with Crippen molar-refractivity contribution in [3.8, 4) is 0 Å². The van der Waals surface area contributed by atoms with Crippen molar-refractivity contribution in [3.05, 3.63) is 35.4 Å². The Labute approximate surface area is 99.2 Å². The van der Waals surface area contributed by atoms with Crippen LogP contribution in [0.1, 0.15) is 18.1 Å². The first-order valence-corrected chi connectivity index (χ1v) is 5.99. The van der Waals surface area contributed by atoms with Crippen LogP contribution in [0.5, 0.6) is 0 Å². The molecule has 1 aromatic carbocycles. The monoisotopic (exact) mass is 269 g/mol. The van der Waals surface area contributed by atoms with E-state index < -0.39 is 0 Å². The fourth-order valence-corrected chi connectivity index (χ4v) is 1.51. The summed E-state index contributed by atoms with van der Waals surface area (Å²) in [4.78, 5) is 11.1. The van der Waals surface area contributed by atoms with Crippen LogP contribution in [0.2, 0.25) is 0 Å². The van der Waals surface area contributed by atoms with E-state index in [0.717, 1.165) is 6.42 Å². The minimum atomic E-state index is -0.116. The molecule has 0 saturated carbocycles. The average Bonchev–Trinajstić information content (AvgIpc) is 2.20. The van der Waals surface area contributed by atoms with Crippen LogP contribution in [0.4, 0.5) is 0 Å². The van der Waals surface area contributed by atoms with Gasteiger partial charge in [0.1, 0.15) is 0 Å². The molecule has 0 saturated heterocycles. The molecule has 3 heteroatoms. The molecule has 0 aliphatic heterocycles. The third-order valence-corrected chi connectivity index (χ3v) is 2.73. The Morgan fingerprint density at radius 2 is 2.13 bits per heavy atom. The van der Waals surface area contributed by atoms with Gasteiger partial charge < -0.3 is 5.32 Å². The summed E-state index contributed by atoms with van der Waals surface area (Å²) in [5, 5.41) is 2.87. The number of amides is 1. The minimum absolute atomic E-state index is 0.0450. The molecule has 0 radical (unpaired) electrons. The Balaban J connectivity index is 2.38. The Morgan fingerprint density at radius 1 is 1.47 bits per heavy atom. The fraction of sp³-hybridized carbons (Fsp3) is 0.417. The summed E-state index contributed by atoms with van der Waals surface area (Å²) < 4.78 is 0. The van der Waals surface area contributed by atoms with Crippen LogP contribution < -0.4 is 5.32 Å². The van der Waals surface area contributed by atoms with Crippen LogP contribution >= 0.6 is 15.9 Å². The summed E-state index contributed by atoms with van der Waals surface area (Å²) in [5.41, 5.74) is 2.57. The molecule has 0 fully saturated rings. The largest absolute Gasteiger partial charge is 0.355 e. The van der Waals surface area contributed by atoms with Crippen LogP contribution in [-0.4, -0.2) is 17.3 Å². The van der Waals surface area contributed by atoms with Crippen molar-refractivity contribution in [2.45, 2.75) is 25.1 Å². The molecule has 1 N–H and O–H groups in total. The van der Waals surface area contributed by atoms with Gasteiger partial charge in [0.25, 0.3) is 0 Å². The van der Waals surface area contributed by atoms with E-state index in [1.807, 2.05) is 19.1 Å². The lowest BCUT2D eigenvalue weighted by Crippen LogP contribution is -2.31. The Bertz CT molecular complexity index is 336. The summed E-state index contributed by atoms with van der Waals surface area (Å²) in [5.74, 6) is 0.0450. The number of alkyl halides is 1. The lowest BCUT2D eigenvalue weighted by atomic mass is 10.1. The van der Waals surface area contributed by atoms with Crippen molar-refractivity contribution in [1.29, 1.82) is 0 Å². The molecule has 0 bridgehead atoms. The maximum Gasteiger partial charge on any atom is 0.233 e. The van der Waals surface area contributed by atoms with E-state index in [1.165, 1.54) is 11.1 Å². The lowest BCUT2D eigenvalue weighted by molar-refractivity contribution is -0.120. The lowest BCUT2D eigenvalue weighted by Gasteiger charge is -2.08. The molecule has 0 heterocycles. The van der Waals surface area contributed by atoms with Gasteiger partial charge in [0.15, 0.2) is 0 Å². The van der Waals surface area contributed by atoms with E-state index in [9.17, 15) is 4.79 Å². The van der Waals surface area contributed by atoms with Crippen LogP contribution in [0.3, 0.4) is 0 Å². The third kappa shape index (κ3) is 4.04. The second-order valence-electron chi connectivity index (χ2n) is 3.58. The smallest absolute Gasteiger partial charge is 0.233 e. The quantitative estimate of drug-likeness (QED) is 0.836. The zero-order valence-electron chi connectivity index (χ0n) is 9.09. The topological polar surface area (TPSA) is 29.1 Å². The van der Waals surface area contributed by atoms with E-state index in [0.29, 0.717) is 6.54 Å². The molecule has 0 aromatic heterocycles. The number of benzene rings is 1. The summed E-state index contributed by atoms with van der Waals surface area (Å²) in [6.07, 6.45) is 0.887. The maximum absolute atomic E-state index is 11.3. The SMILES string of the molecule is Cc1ccccc1CCNC(=O)C(C)Br. The van der Waals surface area contributed by atoms with Crippen molar-refractivity contribution in [1.82, 2.24) is 5.32 Å². The zero-order chi connectivity index (χ0) is 11.3. The summed E-state index contributed by atoms with van der Waals surface area (Å²) in [7, 11) is 0. The van der Waals surface area contributed by atoms with Gasteiger partial charge in [-0.2, -0.15) is 0 Å². The third-order valence-electron chi connectivity index (χ3n) is 2.32. The molecule has 0 aliphatic rings. The maximum atomic E-state index is 11.3. The second-order valence-corrected chi connectivity index (χ2v) is 4.96. The Morgan fingerprint density at radius 3 is 2.73 bits per heavy atom. The highest BCUT2D eigenvalue weighted by molar-refractivity contribution is 9.10. The molecule has 1 aromatic rings. The summed E-state index contributed by atoms with van der Waals surface area (Å²) in [6.45, 7) is 4.60. The number of hydrogen-bond acceptors (Lipinski definition) is 1. The standard InChI is InChI=1S/C12H16BrNO/c1-9-5-3-4-6-11(9)7-8-14-12(15)10(2)13/h3-6,10H,7-8H2,1-2H3,(H,14,15). The highest BCUT2D eigenvalue weighted by Gasteiger charge is 2.07. The number of carbonyl (C=O) groups is 1. The number of halogens is 1. The van der Waals surface area contributed by atoms with E-state index in [1.54, 1.807) is 0 Å². The van der Waals surface area contributed by atoms with Crippen LogP contribution in [0.25, 0.3) is 0 Å². The molecule has 0 spiro atoms. The Kier molecular flexibility index (Phi) is 4.82. The number of nitrogens with one attached hydrogen (secondary N) is 1. The van der Waals surface area contributed by atoms with Gasteiger partial charge >= 0.3 is 0 Å². The average molecular weight is 270 g/mol. The van der Waals surface area contributed by atoms with Crippen molar-refractivity contribution >= 4 is 21.8 Å². The highest BCUT2D eigenvalue weighted by atomic mass is 79.9. The fourth-order valence-electron chi connectivity index (χ4n) is 1.35. The highest BCUT2D eigenvalue weighted by Crippen LogP contribution is 2.07.